The van der Waals surface area contributed by atoms with Crippen molar-refractivity contribution >= 4 is 33.6 Å². The maximum Gasteiger partial charge on any atom is 0.330 e. The molecule has 0 fully saturated rings. The van der Waals surface area contributed by atoms with Crippen LogP contribution in [-0.4, -0.2) is 31.9 Å². The Hall–Kier alpha value is -3.82. The molecule has 0 aliphatic carbocycles. The van der Waals surface area contributed by atoms with Crippen LogP contribution in [0.1, 0.15) is 16.7 Å². The molecule has 35 heavy (non-hydrogen) atoms. The predicted octanol–water partition coefficient (Wildman–Crippen LogP) is 6.31. The zero-order valence-electron chi connectivity index (χ0n) is 19.1. The molecule has 0 saturated carbocycles. The number of benzene rings is 3. The van der Waals surface area contributed by atoms with Crippen molar-refractivity contribution in [1.29, 1.82) is 0 Å². The van der Waals surface area contributed by atoms with Crippen LogP contribution in [-0.2, 0) is 9.53 Å². The first kappa shape index (κ1) is 24.3. The molecule has 1 aliphatic rings. The van der Waals surface area contributed by atoms with E-state index in [9.17, 15) is 13.7 Å². The first-order chi connectivity index (χ1) is 16.8. The van der Waals surface area contributed by atoms with Crippen LogP contribution >= 0.6 is 10.6 Å². The van der Waals surface area contributed by atoms with Crippen molar-refractivity contribution in [3.63, 3.8) is 0 Å². The summed E-state index contributed by atoms with van der Waals surface area (Å²) in [5.74, 6) is -2.19. The average molecular weight is 501 g/mol. The number of rotatable bonds is 7. The highest BCUT2D eigenvalue weighted by Gasteiger charge is 2.40. The zero-order chi connectivity index (χ0) is 25.2. The first-order valence-electron chi connectivity index (χ1n) is 10.3. The molecular formula is C26H22F2O6S. The molecular weight excluding hydrogens is 478 g/mol. The van der Waals surface area contributed by atoms with Crippen LogP contribution in [0.15, 0.2) is 65.6 Å². The number of carbonyl (C=O) groups is 1. The zero-order valence-corrected chi connectivity index (χ0v) is 19.9. The summed E-state index contributed by atoms with van der Waals surface area (Å²) < 4.78 is 62.4. The molecule has 6 nitrogen and oxygen atoms in total. The molecule has 1 N–H and O–H groups in total. The van der Waals surface area contributed by atoms with E-state index >= 15 is 4.39 Å². The minimum atomic E-state index is -3.45. The molecule has 182 valence electrons. The van der Waals surface area contributed by atoms with Gasteiger partial charge in [0.2, 0.25) is 0 Å². The molecule has 1 aliphatic heterocycles. The Balaban J connectivity index is 1.77. The number of fused-ring (bicyclic) bond motifs is 1. The van der Waals surface area contributed by atoms with Gasteiger partial charge in [0.25, 0.3) is 0 Å². The Morgan fingerprint density at radius 1 is 0.943 bits per heavy atom. The van der Waals surface area contributed by atoms with E-state index in [2.05, 4.69) is 4.74 Å². The average Bonchev–Trinajstić information content (AvgIpc) is 3.15. The number of methoxy groups -OCH3 is 3. The second-order valence-corrected chi connectivity index (χ2v) is 9.46. The van der Waals surface area contributed by atoms with E-state index < -0.39 is 33.9 Å². The van der Waals surface area contributed by atoms with Crippen LogP contribution in [0.2, 0.25) is 0 Å². The Kier molecular flexibility index (Phi) is 6.81. The van der Waals surface area contributed by atoms with Gasteiger partial charge in [-0.15, -0.1) is 0 Å². The van der Waals surface area contributed by atoms with E-state index in [1.807, 2.05) is 0 Å². The van der Waals surface area contributed by atoms with E-state index in [0.29, 0.717) is 16.9 Å². The van der Waals surface area contributed by atoms with Crippen molar-refractivity contribution < 1.29 is 36.5 Å². The van der Waals surface area contributed by atoms with Gasteiger partial charge in [-0.3, -0.25) is 4.55 Å². The summed E-state index contributed by atoms with van der Waals surface area (Å²) in [5, 5.41) is 0. The lowest BCUT2D eigenvalue weighted by atomic mass is 10.1. The Morgan fingerprint density at radius 2 is 1.60 bits per heavy atom. The molecule has 1 atom stereocenters. The van der Waals surface area contributed by atoms with Crippen LogP contribution in [0.3, 0.4) is 0 Å². The quantitative estimate of drug-likeness (QED) is 0.303. The van der Waals surface area contributed by atoms with Gasteiger partial charge in [-0.2, -0.15) is 0 Å². The number of carbonyl (C=O) groups excluding carboxylic acids is 1. The van der Waals surface area contributed by atoms with Gasteiger partial charge in [0.1, 0.15) is 10.6 Å². The normalized spacial score (nSPS) is 18.4. The summed E-state index contributed by atoms with van der Waals surface area (Å²) in [7, 11) is 0.509. The van der Waals surface area contributed by atoms with Gasteiger partial charge >= 0.3 is 5.97 Å². The summed E-state index contributed by atoms with van der Waals surface area (Å²) in [6.07, 6.45) is 4.33. The second kappa shape index (κ2) is 9.81. The lowest BCUT2D eigenvalue weighted by molar-refractivity contribution is -0.134. The topological polar surface area (TPSA) is 74.2 Å². The van der Waals surface area contributed by atoms with Crippen LogP contribution < -0.4 is 13.7 Å². The van der Waals surface area contributed by atoms with Crippen molar-refractivity contribution in [1.82, 2.24) is 0 Å². The monoisotopic (exact) mass is 500 g/mol. The number of hydrogen-bond donors (Lipinski definition) is 1. The number of halogens is 2. The van der Waals surface area contributed by atoms with Gasteiger partial charge in [-0.25, -0.2) is 13.6 Å². The van der Waals surface area contributed by atoms with E-state index in [0.717, 1.165) is 13.2 Å². The van der Waals surface area contributed by atoms with E-state index in [1.165, 1.54) is 26.4 Å². The first-order valence-corrected chi connectivity index (χ1v) is 11.9. The molecule has 1 unspecified atom stereocenters. The van der Waals surface area contributed by atoms with Crippen LogP contribution in [0.5, 0.6) is 17.2 Å². The Labute approximate surface area is 202 Å². The largest absolute Gasteiger partial charge is 0.497 e. The molecule has 0 spiro atoms. The Morgan fingerprint density at radius 3 is 2.20 bits per heavy atom. The Bertz CT molecular complexity index is 1320. The van der Waals surface area contributed by atoms with Crippen molar-refractivity contribution in [3.8, 4) is 17.2 Å². The summed E-state index contributed by atoms with van der Waals surface area (Å²) in [6, 6.07) is 14.4. The smallest absolute Gasteiger partial charge is 0.330 e. The third-order valence-electron chi connectivity index (χ3n) is 5.31. The minimum Gasteiger partial charge on any atom is -0.497 e. The molecule has 0 radical (unpaired) electrons. The van der Waals surface area contributed by atoms with Gasteiger partial charge < -0.3 is 18.4 Å². The molecule has 0 bridgehead atoms. The van der Waals surface area contributed by atoms with Crippen molar-refractivity contribution in [2.24, 2.45) is 0 Å². The van der Waals surface area contributed by atoms with E-state index in [-0.39, 0.29) is 21.1 Å². The fourth-order valence-corrected chi connectivity index (χ4v) is 5.90. The molecule has 3 aromatic rings. The third kappa shape index (κ3) is 4.60. The highest BCUT2D eigenvalue weighted by molar-refractivity contribution is 8.33. The fraction of sp³-hybridized carbons (Fsp3) is 0.115. The van der Waals surface area contributed by atoms with Crippen LogP contribution in [0, 0.1) is 11.6 Å². The molecule has 0 aromatic heterocycles. The summed E-state index contributed by atoms with van der Waals surface area (Å²) in [4.78, 5) is 11.4. The summed E-state index contributed by atoms with van der Waals surface area (Å²) >= 11 is 0. The van der Waals surface area contributed by atoms with E-state index in [1.54, 1.807) is 54.6 Å². The highest BCUT2D eigenvalue weighted by Crippen LogP contribution is 2.69. The lowest BCUT2D eigenvalue weighted by Gasteiger charge is -2.38. The number of hydrogen-bond acceptors (Lipinski definition) is 6. The molecule has 4 rings (SSSR count). The molecule has 3 aromatic carbocycles. The van der Waals surface area contributed by atoms with Gasteiger partial charge in [0, 0.05) is 11.6 Å². The van der Waals surface area contributed by atoms with Crippen LogP contribution in [0.25, 0.3) is 17.1 Å². The van der Waals surface area contributed by atoms with Gasteiger partial charge in [-0.1, -0.05) is 22.7 Å². The molecule has 0 amide bonds. The minimum absolute atomic E-state index is 0.154. The maximum atomic E-state index is 15.4. The number of esters is 1. The van der Waals surface area contributed by atoms with Crippen molar-refractivity contribution in [2.45, 2.75) is 4.90 Å². The number of ether oxygens (including phenoxy) is 3. The van der Waals surface area contributed by atoms with Gasteiger partial charge in [0.15, 0.2) is 23.1 Å². The lowest BCUT2D eigenvalue weighted by Crippen LogP contribution is -2.10. The SMILES string of the molecule is COC(=O)C=Cc1ccc(OS2(O)C(c3ccc(OC)cc3)=Cc3cc(F)c(OC)c(F)c32)cc1. The summed E-state index contributed by atoms with van der Waals surface area (Å²) in [6.45, 7) is 0. The van der Waals surface area contributed by atoms with Gasteiger partial charge in [0.05, 0.1) is 26.2 Å². The molecule has 9 heteroatoms. The van der Waals surface area contributed by atoms with Crippen molar-refractivity contribution in [2.75, 3.05) is 21.3 Å². The summed E-state index contributed by atoms with van der Waals surface area (Å²) in [5.41, 5.74) is 1.38. The predicted molar refractivity (Wildman–Crippen MR) is 130 cm³/mol. The second-order valence-electron chi connectivity index (χ2n) is 7.40. The van der Waals surface area contributed by atoms with Crippen molar-refractivity contribution in [3.05, 3.63) is 89.0 Å². The maximum absolute atomic E-state index is 15.4. The highest BCUT2D eigenvalue weighted by atomic mass is 32.3. The van der Waals surface area contributed by atoms with Gasteiger partial charge in [-0.05, 0) is 65.7 Å². The molecule has 0 saturated heterocycles. The fourth-order valence-electron chi connectivity index (χ4n) is 3.60. The standard InChI is InChI=1S/C26H22F2O6S/c1-31-19-11-7-17(8-12-19)22-15-18-14-21(27)25(33-3)24(28)26(18)35(22,30)34-20-9-4-16(5-10-20)6-13-23(29)32-2/h4-15,30H,1-3H3. The van der Waals surface area contributed by atoms with Crippen LogP contribution in [0.4, 0.5) is 8.78 Å². The molecule has 1 heterocycles. The van der Waals surface area contributed by atoms with E-state index in [4.69, 9.17) is 13.7 Å². The third-order valence-corrected chi connectivity index (χ3v) is 7.66.